The number of nitrogens with two attached hydrogens (primary N) is 1. The summed E-state index contributed by atoms with van der Waals surface area (Å²) in [5, 5.41) is 8.33. The molecule has 0 radical (unpaired) electrons. The average molecular weight is 457 g/mol. The van der Waals surface area contributed by atoms with Crippen LogP contribution in [-0.4, -0.2) is 37.6 Å². The zero-order valence-electron chi connectivity index (χ0n) is 19.8. The summed E-state index contributed by atoms with van der Waals surface area (Å²) in [6.45, 7) is 8.34. The highest BCUT2D eigenvalue weighted by molar-refractivity contribution is 5.99. The summed E-state index contributed by atoms with van der Waals surface area (Å²) >= 11 is 0. The van der Waals surface area contributed by atoms with Crippen LogP contribution in [0.2, 0.25) is 0 Å². The van der Waals surface area contributed by atoms with Crippen molar-refractivity contribution in [3.63, 3.8) is 0 Å². The van der Waals surface area contributed by atoms with E-state index in [1.165, 1.54) is 5.56 Å². The predicted octanol–water partition coefficient (Wildman–Crippen LogP) is 3.87. The minimum atomic E-state index is -0.201. The normalized spacial score (nSPS) is 11.6. The fraction of sp³-hybridized carbons (Fsp3) is 0.231. The first-order valence-corrected chi connectivity index (χ1v) is 11.0. The Balaban J connectivity index is 1.40. The van der Waals surface area contributed by atoms with E-state index in [2.05, 4.69) is 31.9 Å². The van der Waals surface area contributed by atoms with E-state index in [9.17, 15) is 4.79 Å². The van der Waals surface area contributed by atoms with Gasteiger partial charge in [0.1, 0.15) is 0 Å². The van der Waals surface area contributed by atoms with Crippen LogP contribution in [0, 0.1) is 27.7 Å². The summed E-state index contributed by atoms with van der Waals surface area (Å²) in [7, 11) is 0. The van der Waals surface area contributed by atoms with E-state index >= 15 is 0 Å². The summed E-state index contributed by atoms with van der Waals surface area (Å²) in [6, 6.07) is 17.6. The van der Waals surface area contributed by atoms with Gasteiger partial charge in [-0.2, -0.15) is 5.10 Å². The second-order valence-electron chi connectivity index (χ2n) is 8.27. The molecule has 2 N–H and O–H groups in total. The van der Waals surface area contributed by atoms with E-state index in [0.717, 1.165) is 22.8 Å². The molecule has 0 fully saturated rings. The molecule has 1 aromatic carbocycles. The number of benzene rings is 1. The third kappa shape index (κ3) is 4.91. The van der Waals surface area contributed by atoms with E-state index in [4.69, 9.17) is 10.6 Å². The van der Waals surface area contributed by atoms with Gasteiger partial charge in [-0.25, -0.2) is 9.67 Å². The van der Waals surface area contributed by atoms with Crippen LogP contribution in [-0.2, 0) is 11.4 Å². The molecule has 8 nitrogen and oxygen atoms in total. The fourth-order valence-corrected chi connectivity index (χ4v) is 3.91. The van der Waals surface area contributed by atoms with Gasteiger partial charge in [-0.05, 0) is 57.5 Å². The molecule has 3 heterocycles. The molecule has 8 heteroatoms. The van der Waals surface area contributed by atoms with Crippen LogP contribution < -0.4 is 5.73 Å². The molecule has 34 heavy (non-hydrogen) atoms. The Kier molecular flexibility index (Phi) is 6.58. The molecule has 0 aliphatic rings. The van der Waals surface area contributed by atoms with Gasteiger partial charge in [-0.1, -0.05) is 35.5 Å². The van der Waals surface area contributed by atoms with Gasteiger partial charge in [0.2, 0.25) is 5.78 Å². The standard InChI is InChI=1S/C26H28N6O2/c1-17-12-19(3)32(29-17)25-11-10-22(14-28-25)26(27)30-34-16-24(33)23-13-18(2)31(20(23)4)15-21-8-6-5-7-9-21/h5-14H,15-16H2,1-4H3,(H2,27,30). The predicted molar refractivity (Wildman–Crippen MR) is 131 cm³/mol. The van der Waals surface area contributed by atoms with Crippen molar-refractivity contribution in [2.45, 2.75) is 34.2 Å². The topological polar surface area (TPSA) is 100 Å². The van der Waals surface area contributed by atoms with Gasteiger partial charge in [0, 0.05) is 41.0 Å². The lowest BCUT2D eigenvalue weighted by Gasteiger charge is -2.10. The molecule has 0 spiro atoms. The summed E-state index contributed by atoms with van der Waals surface area (Å²) < 4.78 is 3.88. The van der Waals surface area contributed by atoms with Gasteiger partial charge in [0.15, 0.2) is 18.3 Å². The average Bonchev–Trinajstić information content (AvgIpc) is 3.32. The van der Waals surface area contributed by atoms with E-state index in [0.29, 0.717) is 23.5 Å². The van der Waals surface area contributed by atoms with Crippen molar-refractivity contribution in [3.8, 4) is 5.82 Å². The van der Waals surface area contributed by atoms with Crippen molar-refractivity contribution in [3.05, 3.63) is 100 Å². The number of hydrogen-bond acceptors (Lipinski definition) is 5. The Morgan fingerprint density at radius 3 is 2.44 bits per heavy atom. The molecule has 0 aliphatic carbocycles. The number of rotatable bonds is 8. The number of oxime groups is 1. The maximum absolute atomic E-state index is 12.8. The zero-order valence-corrected chi connectivity index (χ0v) is 19.8. The van der Waals surface area contributed by atoms with Crippen molar-refractivity contribution in [2.75, 3.05) is 6.61 Å². The minimum absolute atomic E-state index is 0.148. The number of nitrogens with zero attached hydrogens (tertiary/aromatic N) is 5. The largest absolute Gasteiger partial charge is 0.386 e. The SMILES string of the molecule is Cc1cc(C)n(-c2ccc(/C(N)=N/OCC(=O)c3cc(C)n(Cc4ccccc4)c3C)cn2)n1. The van der Waals surface area contributed by atoms with E-state index in [1.54, 1.807) is 16.9 Å². The lowest BCUT2D eigenvalue weighted by molar-refractivity contribution is 0.0775. The number of Topliss-reactive ketones (excluding diaryl/α,β-unsaturated/α-hetero) is 1. The fourth-order valence-electron chi connectivity index (χ4n) is 3.91. The van der Waals surface area contributed by atoms with E-state index in [-0.39, 0.29) is 18.2 Å². The molecular weight excluding hydrogens is 428 g/mol. The summed E-state index contributed by atoms with van der Waals surface area (Å²) in [5.41, 5.74) is 12.3. The second-order valence-corrected chi connectivity index (χ2v) is 8.27. The number of amidine groups is 1. The minimum Gasteiger partial charge on any atom is -0.386 e. The van der Waals surface area contributed by atoms with Gasteiger partial charge in [-0.3, -0.25) is 4.79 Å². The molecule has 3 aromatic heterocycles. The summed E-state index contributed by atoms with van der Waals surface area (Å²) in [4.78, 5) is 22.5. The lowest BCUT2D eigenvalue weighted by Crippen LogP contribution is -2.16. The van der Waals surface area contributed by atoms with Crippen molar-refractivity contribution in [1.29, 1.82) is 0 Å². The van der Waals surface area contributed by atoms with Crippen LogP contribution in [0.25, 0.3) is 5.82 Å². The van der Waals surface area contributed by atoms with Crippen molar-refractivity contribution >= 4 is 11.6 Å². The Labute approximate surface area is 198 Å². The molecule has 174 valence electrons. The molecule has 0 saturated heterocycles. The molecule has 0 amide bonds. The Morgan fingerprint density at radius 1 is 1.03 bits per heavy atom. The number of ketones is 1. The molecule has 0 atom stereocenters. The van der Waals surface area contributed by atoms with Gasteiger partial charge < -0.3 is 15.1 Å². The summed E-state index contributed by atoms with van der Waals surface area (Å²) in [6.07, 6.45) is 1.60. The first-order chi connectivity index (χ1) is 16.3. The quantitative estimate of drug-likeness (QED) is 0.188. The van der Waals surface area contributed by atoms with Crippen LogP contribution >= 0.6 is 0 Å². The van der Waals surface area contributed by atoms with E-state index < -0.39 is 0 Å². The maximum atomic E-state index is 12.8. The Hall–Kier alpha value is -4.20. The number of pyridine rings is 1. The number of carbonyl (C=O) groups excluding carboxylic acids is 1. The zero-order chi connectivity index (χ0) is 24.2. The first-order valence-electron chi connectivity index (χ1n) is 11.0. The molecule has 4 rings (SSSR count). The van der Waals surface area contributed by atoms with Crippen molar-refractivity contribution < 1.29 is 9.63 Å². The third-order valence-electron chi connectivity index (χ3n) is 5.69. The van der Waals surface area contributed by atoms with Crippen LogP contribution in [0.5, 0.6) is 0 Å². The van der Waals surface area contributed by atoms with Crippen molar-refractivity contribution in [1.82, 2.24) is 19.3 Å². The molecule has 0 unspecified atom stereocenters. The number of aromatic nitrogens is 4. The van der Waals surface area contributed by atoms with Crippen LogP contribution in [0.15, 0.2) is 65.9 Å². The molecular formula is C26H28N6O2. The van der Waals surface area contributed by atoms with Crippen LogP contribution in [0.4, 0.5) is 0 Å². The molecule has 0 bridgehead atoms. The molecule has 0 saturated carbocycles. The highest BCUT2D eigenvalue weighted by atomic mass is 16.6. The molecule has 0 aliphatic heterocycles. The Bertz CT molecular complexity index is 1330. The van der Waals surface area contributed by atoms with Crippen LogP contribution in [0.1, 0.15) is 44.3 Å². The van der Waals surface area contributed by atoms with Gasteiger partial charge in [-0.15, -0.1) is 0 Å². The monoisotopic (exact) mass is 456 g/mol. The highest BCUT2D eigenvalue weighted by Gasteiger charge is 2.16. The summed E-state index contributed by atoms with van der Waals surface area (Å²) in [5.74, 6) is 0.681. The second kappa shape index (κ2) is 9.74. The highest BCUT2D eigenvalue weighted by Crippen LogP contribution is 2.18. The van der Waals surface area contributed by atoms with Gasteiger partial charge in [0.25, 0.3) is 0 Å². The lowest BCUT2D eigenvalue weighted by atomic mass is 10.1. The third-order valence-corrected chi connectivity index (χ3v) is 5.69. The number of carbonyl (C=O) groups is 1. The van der Waals surface area contributed by atoms with E-state index in [1.807, 2.05) is 64.1 Å². The number of hydrogen-bond donors (Lipinski definition) is 1. The van der Waals surface area contributed by atoms with Gasteiger partial charge >= 0.3 is 0 Å². The smallest absolute Gasteiger partial charge is 0.204 e. The maximum Gasteiger partial charge on any atom is 0.204 e. The molecule has 4 aromatic rings. The van der Waals surface area contributed by atoms with Crippen LogP contribution in [0.3, 0.4) is 0 Å². The van der Waals surface area contributed by atoms with Crippen molar-refractivity contribution in [2.24, 2.45) is 10.9 Å². The Morgan fingerprint density at radius 2 is 1.79 bits per heavy atom. The first kappa shape index (κ1) is 23.0. The number of aryl methyl sites for hydroxylation is 3. The van der Waals surface area contributed by atoms with Gasteiger partial charge in [0.05, 0.1) is 5.69 Å².